The first-order valence-corrected chi connectivity index (χ1v) is 7.57. The second-order valence-corrected chi connectivity index (χ2v) is 6.88. The Labute approximate surface area is 116 Å². The summed E-state index contributed by atoms with van der Waals surface area (Å²) in [5, 5.41) is 4.18. The van der Waals surface area contributed by atoms with Crippen LogP contribution in [0.4, 0.5) is 0 Å². The zero-order chi connectivity index (χ0) is 13.9. The molecule has 1 aromatic heterocycles. The predicted molar refractivity (Wildman–Crippen MR) is 75.7 cm³/mol. The van der Waals surface area contributed by atoms with Gasteiger partial charge in [0.2, 0.25) is 5.89 Å². The topological polar surface area (TPSA) is 64.9 Å². The normalized spacial score (nSPS) is 20.8. The smallest absolute Gasteiger partial charge is 0.244 e. The van der Waals surface area contributed by atoms with E-state index in [9.17, 15) is 0 Å². The van der Waals surface area contributed by atoms with Crippen molar-refractivity contribution in [2.75, 3.05) is 0 Å². The average Bonchev–Trinajstić information content (AvgIpc) is 2.75. The molecule has 1 atom stereocenters. The molecule has 4 nitrogen and oxygen atoms in total. The fourth-order valence-electron chi connectivity index (χ4n) is 2.62. The molecular weight excluding hydrogens is 238 g/mol. The van der Waals surface area contributed by atoms with E-state index < -0.39 is 0 Å². The quantitative estimate of drug-likeness (QED) is 0.879. The fourth-order valence-corrected chi connectivity index (χ4v) is 2.62. The van der Waals surface area contributed by atoms with Crippen LogP contribution in [0.1, 0.15) is 89.4 Å². The Morgan fingerprint density at radius 1 is 1.11 bits per heavy atom. The summed E-state index contributed by atoms with van der Waals surface area (Å²) in [6.07, 6.45) is 8.97. The van der Waals surface area contributed by atoms with Gasteiger partial charge in [-0.3, -0.25) is 0 Å². The lowest BCUT2D eigenvalue weighted by Crippen LogP contribution is -2.26. The van der Waals surface area contributed by atoms with Gasteiger partial charge in [0.1, 0.15) is 0 Å². The number of hydrogen-bond acceptors (Lipinski definition) is 4. The van der Waals surface area contributed by atoms with Gasteiger partial charge in [-0.2, -0.15) is 4.98 Å². The largest absolute Gasteiger partial charge is 0.338 e. The summed E-state index contributed by atoms with van der Waals surface area (Å²) in [6.45, 7) is 6.28. The Bertz CT molecular complexity index is 386. The molecule has 1 aliphatic rings. The zero-order valence-electron chi connectivity index (χ0n) is 12.5. The highest BCUT2D eigenvalue weighted by atomic mass is 16.5. The molecule has 0 aliphatic heterocycles. The van der Waals surface area contributed by atoms with Gasteiger partial charge in [-0.1, -0.05) is 58.0 Å². The maximum Gasteiger partial charge on any atom is 0.244 e. The number of nitrogens with zero attached hydrogens (tertiary/aromatic N) is 2. The molecule has 1 fully saturated rings. The first kappa shape index (κ1) is 14.5. The van der Waals surface area contributed by atoms with E-state index >= 15 is 0 Å². The molecule has 1 aromatic rings. The molecule has 0 unspecified atom stereocenters. The van der Waals surface area contributed by atoms with Crippen LogP contribution in [-0.2, 0) is 0 Å². The third-order valence-electron chi connectivity index (χ3n) is 4.13. The highest BCUT2D eigenvalue weighted by Crippen LogP contribution is 2.32. The summed E-state index contributed by atoms with van der Waals surface area (Å²) in [7, 11) is 0. The third-order valence-corrected chi connectivity index (χ3v) is 4.13. The standard InChI is InChI=1S/C15H27N3O/c1-15(2,3)12(16)14-17-13(18-19-14)11-9-7-5-4-6-8-10-11/h11-12H,4-10,16H2,1-3H3/t12-/m0/s1. The maximum absolute atomic E-state index is 6.17. The van der Waals surface area contributed by atoms with Crippen molar-refractivity contribution in [1.82, 2.24) is 10.1 Å². The molecule has 19 heavy (non-hydrogen) atoms. The number of hydrogen-bond donors (Lipinski definition) is 1. The number of nitrogens with two attached hydrogens (primary N) is 1. The van der Waals surface area contributed by atoms with E-state index in [1.807, 2.05) is 0 Å². The molecule has 0 aromatic carbocycles. The molecule has 0 bridgehead atoms. The van der Waals surface area contributed by atoms with Crippen LogP contribution in [0.15, 0.2) is 4.52 Å². The molecule has 0 saturated heterocycles. The van der Waals surface area contributed by atoms with Gasteiger partial charge in [0.05, 0.1) is 6.04 Å². The Kier molecular flexibility index (Phi) is 4.61. The minimum absolute atomic E-state index is 0.0509. The van der Waals surface area contributed by atoms with Crippen molar-refractivity contribution >= 4 is 0 Å². The van der Waals surface area contributed by atoms with Crippen molar-refractivity contribution in [3.05, 3.63) is 11.7 Å². The van der Waals surface area contributed by atoms with Crippen LogP contribution in [0, 0.1) is 5.41 Å². The Morgan fingerprint density at radius 2 is 1.68 bits per heavy atom. The summed E-state index contributed by atoms with van der Waals surface area (Å²) in [4.78, 5) is 4.57. The predicted octanol–water partition coefficient (Wildman–Crippen LogP) is 3.94. The first-order chi connectivity index (χ1) is 8.98. The Hall–Kier alpha value is -0.900. The van der Waals surface area contributed by atoms with Crippen LogP contribution in [-0.4, -0.2) is 10.1 Å². The molecule has 1 heterocycles. The van der Waals surface area contributed by atoms with Gasteiger partial charge in [-0.25, -0.2) is 0 Å². The molecule has 108 valence electrons. The number of aromatic nitrogens is 2. The van der Waals surface area contributed by atoms with Crippen LogP contribution in [0.2, 0.25) is 0 Å². The fraction of sp³-hybridized carbons (Fsp3) is 0.867. The molecule has 2 rings (SSSR count). The van der Waals surface area contributed by atoms with Gasteiger partial charge in [0.25, 0.3) is 0 Å². The summed E-state index contributed by atoms with van der Waals surface area (Å²) in [6, 6.07) is -0.192. The van der Waals surface area contributed by atoms with Gasteiger partial charge >= 0.3 is 0 Å². The minimum Gasteiger partial charge on any atom is -0.338 e. The van der Waals surface area contributed by atoms with Gasteiger partial charge in [0.15, 0.2) is 5.82 Å². The second kappa shape index (κ2) is 6.04. The van der Waals surface area contributed by atoms with Gasteiger partial charge < -0.3 is 10.3 Å². The zero-order valence-corrected chi connectivity index (χ0v) is 12.5. The molecule has 0 spiro atoms. The lowest BCUT2D eigenvalue weighted by Gasteiger charge is -2.23. The molecule has 0 amide bonds. The monoisotopic (exact) mass is 265 g/mol. The van der Waals surface area contributed by atoms with E-state index in [1.165, 1.54) is 44.9 Å². The van der Waals surface area contributed by atoms with Crippen molar-refractivity contribution in [2.45, 2.75) is 77.7 Å². The van der Waals surface area contributed by atoms with E-state index in [1.54, 1.807) is 0 Å². The first-order valence-electron chi connectivity index (χ1n) is 7.57. The highest BCUT2D eigenvalue weighted by molar-refractivity contribution is 5.01. The van der Waals surface area contributed by atoms with Crippen molar-refractivity contribution in [3.8, 4) is 0 Å². The average molecular weight is 265 g/mol. The summed E-state index contributed by atoms with van der Waals surface area (Å²) >= 11 is 0. The lowest BCUT2D eigenvalue weighted by atomic mass is 9.87. The maximum atomic E-state index is 6.17. The van der Waals surface area contributed by atoms with Crippen LogP contribution in [0.25, 0.3) is 0 Å². The highest BCUT2D eigenvalue weighted by Gasteiger charge is 2.29. The van der Waals surface area contributed by atoms with Crippen molar-refractivity contribution in [3.63, 3.8) is 0 Å². The molecule has 0 radical (unpaired) electrons. The minimum atomic E-state index is -0.192. The molecule has 4 heteroatoms. The summed E-state index contributed by atoms with van der Waals surface area (Å²) < 4.78 is 5.39. The van der Waals surface area contributed by atoms with E-state index in [0.717, 1.165) is 5.82 Å². The second-order valence-electron chi connectivity index (χ2n) is 6.88. The van der Waals surface area contributed by atoms with Crippen LogP contribution in [0.5, 0.6) is 0 Å². The van der Waals surface area contributed by atoms with Crippen molar-refractivity contribution in [1.29, 1.82) is 0 Å². The summed E-state index contributed by atoms with van der Waals surface area (Å²) in [5.74, 6) is 1.92. The summed E-state index contributed by atoms with van der Waals surface area (Å²) in [5.41, 5.74) is 6.12. The lowest BCUT2D eigenvalue weighted by molar-refractivity contribution is 0.251. The Balaban J connectivity index is 2.06. The van der Waals surface area contributed by atoms with Crippen LogP contribution >= 0.6 is 0 Å². The number of rotatable bonds is 2. The molecular formula is C15H27N3O. The Morgan fingerprint density at radius 3 is 2.26 bits per heavy atom. The molecule has 1 aliphatic carbocycles. The van der Waals surface area contributed by atoms with Gasteiger partial charge in [-0.15, -0.1) is 0 Å². The van der Waals surface area contributed by atoms with E-state index in [4.69, 9.17) is 10.3 Å². The third kappa shape index (κ3) is 3.78. The molecule has 1 saturated carbocycles. The SMILES string of the molecule is CC(C)(C)[C@@H](N)c1nc(C2CCCCCCC2)no1. The van der Waals surface area contributed by atoms with Crippen LogP contribution < -0.4 is 5.73 Å². The van der Waals surface area contributed by atoms with Crippen molar-refractivity contribution in [2.24, 2.45) is 11.1 Å². The van der Waals surface area contributed by atoms with E-state index in [-0.39, 0.29) is 11.5 Å². The van der Waals surface area contributed by atoms with E-state index in [0.29, 0.717) is 11.8 Å². The van der Waals surface area contributed by atoms with Gasteiger partial charge in [0, 0.05) is 5.92 Å². The van der Waals surface area contributed by atoms with E-state index in [2.05, 4.69) is 30.9 Å². The van der Waals surface area contributed by atoms with Crippen molar-refractivity contribution < 1.29 is 4.52 Å². The van der Waals surface area contributed by atoms with Crippen LogP contribution in [0.3, 0.4) is 0 Å². The molecule has 2 N–H and O–H groups in total. The van der Waals surface area contributed by atoms with Gasteiger partial charge in [-0.05, 0) is 18.3 Å².